The van der Waals surface area contributed by atoms with Crippen molar-refractivity contribution in [3.63, 3.8) is 0 Å². The van der Waals surface area contributed by atoms with E-state index in [1.807, 2.05) is 0 Å². The van der Waals surface area contributed by atoms with Crippen molar-refractivity contribution in [1.29, 1.82) is 0 Å². The number of nitrogen functional groups attached to an aromatic ring is 4. The molecule has 2 heterocycles. The van der Waals surface area contributed by atoms with Gasteiger partial charge in [0.15, 0.2) is 11.6 Å². The molecule has 0 aliphatic rings. The number of hydrogen-bond acceptors (Lipinski definition) is 8. The lowest BCUT2D eigenvalue weighted by Gasteiger charge is -2.01. The second kappa shape index (κ2) is 3.01. The van der Waals surface area contributed by atoms with Crippen molar-refractivity contribution < 1.29 is 0 Å². The Kier molecular flexibility index (Phi) is 1.81. The molecule has 0 saturated heterocycles. The van der Waals surface area contributed by atoms with Crippen molar-refractivity contribution in [3.8, 4) is 0 Å². The monoisotopic (exact) mass is 210 g/mol. The van der Waals surface area contributed by atoms with Gasteiger partial charge in [0.1, 0.15) is 0 Å². The minimum atomic E-state index is 0.112. The van der Waals surface area contributed by atoms with Crippen LogP contribution in [0.15, 0.2) is 0 Å². The van der Waals surface area contributed by atoms with Crippen LogP contribution in [0, 0.1) is 0 Å². The van der Waals surface area contributed by atoms with Gasteiger partial charge in [-0.1, -0.05) is 0 Å². The van der Waals surface area contributed by atoms with Crippen LogP contribution in [0.1, 0.15) is 11.6 Å². The Balaban J connectivity index is 2.29. The summed E-state index contributed by atoms with van der Waals surface area (Å²) < 4.78 is 2.29. The Morgan fingerprint density at radius 1 is 0.800 bits per heavy atom. The zero-order valence-corrected chi connectivity index (χ0v) is 7.70. The summed E-state index contributed by atoms with van der Waals surface area (Å²) in [5, 5.41) is 14.7. The minimum absolute atomic E-state index is 0.112. The fourth-order valence-electron chi connectivity index (χ4n) is 1.06. The first-order chi connectivity index (χ1) is 7.09. The van der Waals surface area contributed by atoms with Crippen LogP contribution in [0.3, 0.4) is 0 Å². The van der Waals surface area contributed by atoms with Gasteiger partial charge < -0.3 is 23.2 Å². The molecule has 0 aromatic carbocycles. The van der Waals surface area contributed by atoms with Gasteiger partial charge in [0, 0.05) is 0 Å². The van der Waals surface area contributed by atoms with Crippen LogP contribution in [0.4, 0.5) is 11.9 Å². The first kappa shape index (κ1) is 9.05. The average molecular weight is 210 g/mol. The maximum atomic E-state index is 5.54. The summed E-state index contributed by atoms with van der Waals surface area (Å²) in [7, 11) is 0. The van der Waals surface area contributed by atoms with Gasteiger partial charge in [-0.3, -0.25) is 0 Å². The molecule has 0 aliphatic heterocycles. The topological polar surface area (TPSA) is 166 Å². The molecule has 0 aliphatic carbocycles. The molecule has 0 fully saturated rings. The Labute approximate surface area is 83.8 Å². The quantitative estimate of drug-likeness (QED) is 0.382. The summed E-state index contributed by atoms with van der Waals surface area (Å²) >= 11 is 0. The minimum Gasteiger partial charge on any atom is -0.366 e. The predicted octanol–water partition coefficient (Wildman–Crippen LogP) is -2.95. The molecule has 0 amide bonds. The van der Waals surface area contributed by atoms with Gasteiger partial charge in [-0.05, 0) is 0 Å². The highest BCUT2D eigenvalue weighted by atomic mass is 15.5. The molecule has 2 rings (SSSR count). The van der Waals surface area contributed by atoms with Gasteiger partial charge in [0.25, 0.3) is 0 Å². The second-order valence-corrected chi connectivity index (χ2v) is 2.87. The summed E-state index contributed by atoms with van der Waals surface area (Å²) in [5.41, 5.74) is 10.8. The highest BCUT2D eigenvalue weighted by Crippen LogP contribution is 2.05. The van der Waals surface area contributed by atoms with E-state index < -0.39 is 0 Å². The summed E-state index contributed by atoms with van der Waals surface area (Å²) in [6.45, 7) is 0. The lowest BCUT2D eigenvalue weighted by atomic mass is 10.4. The van der Waals surface area contributed by atoms with Crippen LogP contribution >= 0.6 is 0 Å². The highest BCUT2D eigenvalue weighted by Gasteiger charge is 2.12. The van der Waals surface area contributed by atoms with E-state index in [2.05, 4.69) is 20.4 Å². The highest BCUT2D eigenvalue weighted by molar-refractivity contribution is 5.22. The third kappa shape index (κ3) is 1.37. The summed E-state index contributed by atoms with van der Waals surface area (Å²) in [5.74, 6) is 12.2. The standard InChI is InChI=1S/C5H10N10/c6-4-12-10-2(14(4)8)1-3-11-13-5(7)15(3)9/h1,8-9H2,(H2,6,12)(H2,7,13). The van der Waals surface area contributed by atoms with Gasteiger partial charge in [0.05, 0.1) is 6.42 Å². The second-order valence-electron chi connectivity index (χ2n) is 2.87. The number of nitrogens with two attached hydrogens (primary N) is 4. The SMILES string of the molecule is Nc1nnc(Cc2nnc(N)n2N)n1N. The first-order valence-corrected chi connectivity index (χ1v) is 3.99. The first-order valence-electron chi connectivity index (χ1n) is 3.99. The van der Waals surface area contributed by atoms with Crippen molar-refractivity contribution in [2.24, 2.45) is 0 Å². The molecule has 80 valence electrons. The largest absolute Gasteiger partial charge is 0.366 e. The van der Waals surface area contributed by atoms with Crippen LogP contribution in [-0.2, 0) is 6.42 Å². The van der Waals surface area contributed by atoms with Crippen LogP contribution < -0.4 is 23.2 Å². The van der Waals surface area contributed by atoms with E-state index in [1.54, 1.807) is 0 Å². The Hall–Kier alpha value is -2.52. The van der Waals surface area contributed by atoms with Crippen molar-refractivity contribution in [2.75, 3.05) is 23.2 Å². The lowest BCUT2D eigenvalue weighted by molar-refractivity contribution is 0.800. The molecule has 10 nitrogen and oxygen atoms in total. The van der Waals surface area contributed by atoms with Crippen molar-refractivity contribution >= 4 is 11.9 Å². The van der Waals surface area contributed by atoms with E-state index in [0.717, 1.165) is 9.35 Å². The Morgan fingerprint density at radius 3 is 1.47 bits per heavy atom. The molecular formula is C5H10N10. The van der Waals surface area contributed by atoms with Gasteiger partial charge in [-0.25, -0.2) is 9.35 Å². The molecule has 0 unspecified atom stereocenters. The molecule has 15 heavy (non-hydrogen) atoms. The van der Waals surface area contributed by atoms with E-state index in [9.17, 15) is 0 Å². The zero-order valence-electron chi connectivity index (χ0n) is 7.70. The Bertz CT molecular complexity index is 436. The van der Waals surface area contributed by atoms with Crippen LogP contribution in [0.25, 0.3) is 0 Å². The van der Waals surface area contributed by atoms with E-state index >= 15 is 0 Å². The molecule has 0 radical (unpaired) electrons. The third-order valence-corrected chi connectivity index (χ3v) is 1.90. The molecule has 0 atom stereocenters. The van der Waals surface area contributed by atoms with Gasteiger partial charge in [0.2, 0.25) is 11.9 Å². The number of anilines is 2. The number of aromatic nitrogens is 6. The van der Waals surface area contributed by atoms with Crippen LogP contribution in [-0.4, -0.2) is 29.7 Å². The maximum Gasteiger partial charge on any atom is 0.240 e. The molecule has 0 bridgehead atoms. The molecule has 8 N–H and O–H groups in total. The molecule has 10 heteroatoms. The summed E-state index contributed by atoms with van der Waals surface area (Å²) in [4.78, 5) is 0. The summed E-state index contributed by atoms with van der Waals surface area (Å²) in [6.07, 6.45) is 0.251. The number of rotatable bonds is 2. The Morgan fingerprint density at radius 2 is 1.20 bits per heavy atom. The van der Waals surface area contributed by atoms with E-state index in [1.165, 1.54) is 0 Å². The van der Waals surface area contributed by atoms with Crippen molar-refractivity contribution in [1.82, 2.24) is 29.7 Å². The molecule has 2 aromatic heterocycles. The average Bonchev–Trinajstić information content (AvgIpc) is 2.68. The molecule has 0 saturated carbocycles. The normalized spacial score (nSPS) is 10.7. The zero-order chi connectivity index (χ0) is 11.0. The maximum absolute atomic E-state index is 5.54. The molecule has 0 spiro atoms. The van der Waals surface area contributed by atoms with Crippen LogP contribution in [0.2, 0.25) is 0 Å². The van der Waals surface area contributed by atoms with Crippen LogP contribution in [0.5, 0.6) is 0 Å². The van der Waals surface area contributed by atoms with Gasteiger partial charge in [-0.2, -0.15) is 0 Å². The van der Waals surface area contributed by atoms with E-state index in [4.69, 9.17) is 23.2 Å². The molecular weight excluding hydrogens is 200 g/mol. The number of hydrogen-bond donors (Lipinski definition) is 4. The lowest BCUT2D eigenvalue weighted by Crippen LogP contribution is -2.20. The van der Waals surface area contributed by atoms with E-state index in [0.29, 0.717) is 11.6 Å². The van der Waals surface area contributed by atoms with Gasteiger partial charge >= 0.3 is 0 Å². The summed E-state index contributed by atoms with van der Waals surface area (Å²) in [6, 6.07) is 0. The van der Waals surface area contributed by atoms with E-state index in [-0.39, 0.29) is 18.3 Å². The fourth-order valence-corrected chi connectivity index (χ4v) is 1.06. The fraction of sp³-hybridized carbons (Fsp3) is 0.200. The van der Waals surface area contributed by atoms with Crippen molar-refractivity contribution in [3.05, 3.63) is 11.6 Å². The smallest absolute Gasteiger partial charge is 0.240 e. The number of nitrogens with zero attached hydrogens (tertiary/aromatic N) is 6. The third-order valence-electron chi connectivity index (χ3n) is 1.90. The predicted molar refractivity (Wildman–Crippen MR) is 52.0 cm³/mol. The van der Waals surface area contributed by atoms with Crippen molar-refractivity contribution in [2.45, 2.75) is 6.42 Å². The molecule has 2 aromatic rings. The van der Waals surface area contributed by atoms with Gasteiger partial charge in [-0.15, -0.1) is 20.4 Å².